The molecule has 0 aliphatic carbocycles. The van der Waals surface area contributed by atoms with Crippen molar-refractivity contribution in [3.8, 4) is 0 Å². The van der Waals surface area contributed by atoms with Crippen molar-refractivity contribution >= 4 is 0 Å². The van der Waals surface area contributed by atoms with Gasteiger partial charge in [-0.2, -0.15) is 0 Å². The van der Waals surface area contributed by atoms with Gasteiger partial charge in [0.1, 0.15) is 0 Å². The number of aliphatic hydroxyl groups is 1. The summed E-state index contributed by atoms with van der Waals surface area (Å²) >= 11 is 0. The maximum Gasteiger partial charge on any atom is 0.0465 e. The molecule has 0 atom stereocenters. The van der Waals surface area contributed by atoms with Gasteiger partial charge in [-0.1, -0.05) is 56.9 Å². The summed E-state index contributed by atoms with van der Waals surface area (Å²) in [7, 11) is 0. The lowest BCUT2D eigenvalue weighted by Gasteiger charge is -1.95. The topological polar surface area (TPSA) is 20.2 Å². The number of hydrogen-bond acceptors (Lipinski definition) is 1. The maximum atomic E-state index is 8.54. The van der Waals surface area contributed by atoms with Crippen LogP contribution in [0.4, 0.5) is 0 Å². The largest absolute Gasteiger partial charge is 0.396 e. The van der Waals surface area contributed by atoms with Crippen LogP contribution in [0.5, 0.6) is 0 Å². The fourth-order valence-electron chi connectivity index (χ4n) is 1.45. The summed E-state index contributed by atoms with van der Waals surface area (Å²) in [5.41, 5.74) is 0. The molecule has 0 aromatic heterocycles. The van der Waals surface area contributed by atoms with Crippen LogP contribution >= 0.6 is 0 Å². The van der Waals surface area contributed by atoms with Crippen LogP contribution in [0.1, 0.15) is 58.3 Å². The van der Waals surface area contributed by atoms with Crippen LogP contribution in [0.2, 0.25) is 0 Å². The molecule has 0 aliphatic rings. The molecule has 1 N–H and O–H groups in total. The van der Waals surface area contributed by atoms with Gasteiger partial charge in [-0.3, -0.25) is 0 Å². The van der Waals surface area contributed by atoms with Crippen molar-refractivity contribution < 1.29 is 5.11 Å². The number of rotatable bonds is 10. The van der Waals surface area contributed by atoms with Crippen molar-refractivity contribution in [1.82, 2.24) is 0 Å². The summed E-state index contributed by atoms with van der Waals surface area (Å²) in [6.07, 6.45) is 18.4. The van der Waals surface area contributed by atoms with Gasteiger partial charge in [0.2, 0.25) is 0 Å². The van der Waals surface area contributed by atoms with Crippen LogP contribution in [-0.2, 0) is 0 Å². The van der Waals surface area contributed by atoms with E-state index in [1.54, 1.807) is 0 Å². The number of unbranched alkanes of at least 4 members (excludes halogenated alkanes) is 5. The first-order valence-corrected chi connectivity index (χ1v) is 6.32. The van der Waals surface area contributed by atoms with Gasteiger partial charge in [0.05, 0.1) is 0 Å². The summed E-state index contributed by atoms with van der Waals surface area (Å²) in [6.45, 7) is 2.51. The molecule has 0 aromatic carbocycles. The molecule has 0 aliphatic heterocycles. The Morgan fingerprint density at radius 1 is 0.800 bits per heavy atom. The summed E-state index contributed by atoms with van der Waals surface area (Å²) < 4.78 is 0. The van der Waals surface area contributed by atoms with E-state index in [4.69, 9.17) is 5.11 Å². The molecule has 0 amide bonds. The van der Waals surface area contributed by atoms with Crippen LogP contribution in [-0.4, -0.2) is 11.7 Å². The van der Waals surface area contributed by atoms with E-state index in [2.05, 4.69) is 25.2 Å². The van der Waals surface area contributed by atoms with Gasteiger partial charge >= 0.3 is 0 Å². The zero-order chi connectivity index (χ0) is 11.2. The van der Waals surface area contributed by atoms with Crippen LogP contribution in [0.25, 0.3) is 0 Å². The minimum Gasteiger partial charge on any atom is -0.396 e. The molecule has 0 heterocycles. The predicted octanol–water partition coefficient (Wildman–Crippen LogP) is 4.23. The summed E-state index contributed by atoms with van der Waals surface area (Å²) in [5, 5.41) is 8.54. The van der Waals surface area contributed by atoms with E-state index in [1.165, 1.54) is 38.5 Å². The van der Waals surface area contributed by atoms with Crippen LogP contribution < -0.4 is 0 Å². The molecule has 0 fully saturated rings. The average molecular weight is 210 g/mol. The molecule has 15 heavy (non-hydrogen) atoms. The average Bonchev–Trinajstić information content (AvgIpc) is 2.26. The molecule has 1 heteroatoms. The lowest BCUT2D eigenvalue weighted by atomic mass is 10.1. The Bertz CT molecular complexity index is 159. The fourth-order valence-corrected chi connectivity index (χ4v) is 1.45. The highest BCUT2D eigenvalue weighted by Crippen LogP contribution is 2.05. The van der Waals surface area contributed by atoms with Gasteiger partial charge in [0.15, 0.2) is 0 Å². The van der Waals surface area contributed by atoms with Gasteiger partial charge in [-0.25, -0.2) is 0 Å². The Hall–Kier alpha value is -0.560. The smallest absolute Gasteiger partial charge is 0.0465 e. The molecule has 0 bridgehead atoms. The Morgan fingerprint density at radius 3 is 2.13 bits per heavy atom. The summed E-state index contributed by atoms with van der Waals surface area (Å²) in [5.74, 6) is 0. The van der Waals surface area contributed by atoms with E-state index in [0.717, 1.165) is 12.8 Å². The summed E-state index contributed by atoms with van der Waals surface area (Å²) in [4.78, 5) is 0. The first kappa shape index (κ1) is 14.4. The Kier molecular flexibility index (Phi) is 12.9. The van der Waals surface area contributed by atoms with Crippen molar-refractivity contribution in [1.29, 1.82) is 0 Å². The predicted molar refractivity (Wildman–Crippen MR) is 68.0 cm³/mol. The summed E-state index contributed by atoms with van der Waals surface area (Å²) in [6, 6.07) is 0. The second kappa shape index (κ2) is 13.4. The highest BCUT2D eigenvalue weighted by Gasteiger charge is 1.85. The van der Waals surface area contributed by atoms with Gasteiger partial charge in [0, 0.05) is 6.61 Å². The van der Waals surface area contributed by atoms with E-state index in [1.807, 2.05) is 6.08 Å². The lowest BCUT2D eigenvalue weighted by Crippen LogP contribution is -1.76. The quantitative estimate of drug-likeness (QED) is 0.422. The highest BCUT2D eigenvalue weighted by molar-refractivity contribution is 4.92. The first-order valence-electron chi connectivity index (χ1n) is 6.32. The van der Waals surface area contributed by atoms with Gasteiger partial charge in [-0.15, -0.1) is 0 Å². The molecule has 0 saturated carbocycles. The third kappa shape index (κ3) is 13.4. The molecule has 0 rings (SSSR count). The van der Waals surface area contributed by atoms with Crippen molar-refractivity contribution in [2.45, 2.75) is 58.3 Å². The van der Waals surface area contributed by atoms with E-state index in [0.29, 0.717) is 0 Å². The van der Waals surface area contributed by atoms with E-state index in [9.17, 15) is 0 Å². The molecule has 1 nitrogen and oxygen atoms in total. The third-order valence-corrected chi connectivity index (χ3v) is 2.38. The van der Waals surface area contributed by atoms with Crippen molar-refractivity contribution in [3.63, 3.8) is 0 Å². The second-order valence-electron chi connectivity index (χ2n) is 3.89. The van der Waals surface area contributed by atoms with Crippen LogP contribution in [0, 0.1) is 0 Å². The molecule has 0 saturated heterocycles. The van der Waals surface area contributed by atoms with Crippen molar-refractivity contribution in [3.05, 3.63) is 24.3 Å². The molecule has 88 valence electrons. The van der Waals surface area contributed by atoms with Crippen molar-refractivity contribution in [2.75, 3.05) is 6.61 Å². The Morgan fingerprint density at radius 2 is 1.47 bits per heavy atom. The monoisotopic (exact) mass is 210 g/mol. The van der Waals surface area contributed by atoms with Gasteiger partial charge in [0.25, 0.3) is 0 Å². The number of hydrogen-bond donors (Lipinski definition) is 1. The number of allylic oxidation sites excluding steroid dienone is 3. The second-order valence-corrected chi connectivity index (χ2v) is 3.89. The highest BCUT2D eigenvalue weighted by atomic mass is 16.2. The molecule has 0 spiro atoms. The standard InChI is InChI=1S/C14H26O/c1-2-3-4-5-6-7-8-9-10-11-12-13-14-15/h8-9,11-12,15H,2-7,10,13-14H2,1H3/b9-8+,12-11+. The zero-order valence-electron chi connectivity index (χ0n) is 10.1. The van der Waals surface area contributed by atoms with Gasteiger partial charge < -0.3 is 5.11 Å². The Balaban J connectivity index is 3.10. The Labute approximate surface area is 94.9 Å². The fraction of sp³-hybridized carbons (Fsp3) is 0.714. The minimum absolute atomic E-state index is 0.262. The van der Waals surface area contributed by atoms with E-state index < -0.39 is 0 Å². The first-order chi connectivity index (χ1) is 7.41. The molecule has 0 unspecified atom stereocenters. The molecular formula is C14H26O. The van der Waals surface area contributed by atoms with Crippen molar-refractivity contribution in [2.24, 2.45) is 0 Å². The number of aliphatic hydroxyl groups excluding tert-OH is 1. The van der Waals surface area contributed by atoms with E-state index >= 15 is 0 Å². The molecule has 0 radical (unpaired) electrons. The van der Waals surface area contributed by atoms with Gasteiger partial charge in [-0.05, 0) is 25.7 Å². The zero-order valence-corrected chi connectivity index (χ0v) is 10.1. The molecule has 0 aromatic rings. The minimum atomic E-state index is 0.262. The SMILES string of the molecule is CCCCCCC/C=C/C/C=C/CCO. The van der Waals surface area contributed by atoms with Crippen LogP contribution in [0.3, 0.4) is 0 Å². The lowest BCUT2D eigenvalue weighted by molar-refractivity contribution is 0.302. The third-order valence-electron chi connectivity index (χ3n) is 2.38. The normalized spacial score (nSPS) is 11.9. The maximum absolute atomic E-state index is 8.54. The molecular weight excluding hydrogens is 184 g/mol. The van der Waals surface area contributed by atoms with Crippen LogP contribution in [0.15, 0.2) is 24.3 Å². The van der Waals surface area contributed by atoms with E-state index in [-0.39, 0.29) is 6.61 Å².